The maximum atomic E-state index is 4.33. The van der Waals surface area contributed by atoms with E-state index in [0.717, 1.165) is 0 Å². The van der Waals surface area contributed by atoms with E-state index in [-0.39, 0.29) is 0 Å². The van der Waals surface area contributed by atoms with Crippen LogP contribution in [0, 0.1) is 0 Å². The van der Waals surface area contributed by atoms with Gasteiger partial charge in [0.15, 0.2) is 5.65 Å². The van der Waals surface area contributed by atoms with Crippen LogP contribution in [0.25, 0.3) is 22.9 Å². The fraction of sp³-hybridized carbons (Fsp3) is 0. The Kier molecular flexibility index (Phi) is 1.68. The Morgan fingerprint density at radius 3 is 3.00 bits per heavy atom. The second-order valence-corrected chi connectivity index (χ2v) is 3.65. The molecule has 4 heterocycles. The molecule has 0 aliphatic carbocycles. The molecule has 0 bridgehead atoms. The lowest BCUT2D eigenvalue weighted by atomic mass is 10.4. The molecule has 86 valence electrons. The quantitative estimate of drug-likeness (QED) is 0.471. The first-order valence-corrected chi connectivity index (χ1v) is 5.25. The molecular formula is C10H6N8. The number of aromatic nitrogens is 8. The molecular weight excluding hydrogens is 232 g/mol. The number of hydrogen-bond donors (Lipinski definition) is 0. The lowest BCUT2D eigenvalue weighted by molar-refractivity contribution is 0.907. The van der Waals surface area contributed by atoms with Crippen LogP contribution >= 0.6 is 0 Å². The molecule has 0 radical (unpaired) electrons. The van der Waals surface area contributed by atoms with E-state index in [1.165, 1.54) is 6.33 Å². The molecule has 0 saturated heterocycles. The molecule has 0 fully saturated rings. The number of fused-ring (bicyclic) bond motifs is 2. The minimum absolute atomic E-state index is 0.518. The topological polar surface area (TPSA) is 86.2 Å². The second kappa shape index (κ2) is 3.29. The minimum Gasteiger partial charge on any atom is -0.220 e. The highest BCUT2D eigenvalue weighted by molar-refractivity contribution is 5.53. The van der Waals surface area contributed by atoms with Gasteiger partial charge in [-0.15, -0.1) is 15.3 Å². The van der Waals surface area contributed by atoms with Crippen molar-refractivity contribution >= 4 is 11.4 Å². The first-order chi connectivity index (χ1) is 8.90. The molecule has 0 saturated carbocycles. The maximum Gasteiger partial charge on any atom is 0.252 e. The lowest BCUT2D eigenvalue weighted by Gasteiger charge is -1.94. The Bertz CT molecular complexity index is 812. The Labute approximate surface area is 99.9 Å². The summed E-state index contributed by atoms with van der Waals surface area (Å²) in [5, 5.41) is 16.3. The van der Waals surface area contributed by atoms with E-state index < -0.39 is 0 Å². The summed E-state index contributed by atoms with van der Waals surface area (Å²) in [6, 6.07) is 5.41. The van der Waals surface area contributed by atoms with Crippen LogP contribution in [0.1, 0.15) is 0 Å². The van der Waals surface area contributed by atoms with Crippen LogP contribution in [-0.2, 0) is 0 Å². The molecule has 8 nitrogen and oxygen atoms in total. The van der Waals surface area contributed by atoms with Crippen molar-refractivity contribution in [2.75, 3.05) is 0 Å². The second-order valence-electron chi connectivity index (χ2n) is 3.65. The molecule has 18 heavy (non-hydrogen) atoms. The summed E-state index contributed by atoms with van der Waals surface area (Å²) in [7, 11) is 0. The Hall–Kier alpha value is -2.90. The Morgan fingerprint density at radius 2 is 2.06 bits per heavy atom. The molecule has 8 heteroatoms. The van der Waals surface area contributed by atoms with E-state index in [1.807, 2.05) is 6.07 Å². The van der Waals surface area contributed by atoms with Crippen molar-refractivity contribution in [3.05, 3.63) is 36.9 Å². The molecule has 4 rings (SSSR count). The monoisotopic (exact) mass is 238 g/mol. The van der Waals surface area contributed by atoms with Crippen LogP contribution < -0.4 is 0 Å². The van der Waals surface area contributed by atoms with Gasteiger partial charge in [0.25, 0.3) is 5.78 Å². The van der Waals surface area contributed by atoms with Crippen LogP contribution in [-0.4, -0.2) is 39.4 Å². The summed E-state index contributed by atoms with van der Waals surface area (Å²) in [6.45, 7) is 0. The number of rotatable bonds is 1. The van der Waals surface area contributed by atoms with E-state index >= 15 is 0 Å². The molecule has 0 atom stereocenters. The van der Waals surface area contributed by atoms with Crippen LogP contribution in [0.5, 0.6) is 0 Å². The zero-order valence-electron chi connectivity index (χ0n) is 9.04. The van der Waals surface area contributed by atoms with E-state index in [4.69, 9.17) is 0 Å². The van der Waals surface area contributed by atoms with Crippen LogP contribution in [0.4, 0.5) is 0 Å². The van der Waals surface area contributed by atoms with E-state index in [9.17, 15) is 0 Å². The van der Waals surface area contributed by atoms with Gasteiger partial charge in [-0.3, -0.25) is 0 Å². The Morgan fingerprint density at radius 1 is 1.06 bits per heavy atom. The van der Waals surface area contributed by atoms with E-state index in [2.05, 4.69) is 30.4 Å². The third-order valence-electron chi connectivity index (χ3n) is 2.51. The SMILES string of the molecule is c1cnc2nc(-c3ccc4nncn4n3)nn2c1. The van der Waals surface area contributed by atoms with Gasteiger partial charge in [0, 0.05) is 12.4 Å². The van der Waals surface area contributed by atoms with Crippen molar-refractivity contribution < 1.29 is 0 Å². The first-order valence-electron chi connectivity index (χ1n) is 5.25. The van der Waals surface area contributed by atoms with Gasteiger partial charge in [-0.2, -0.15) is 14.6 Å². The summed E-state index contributed by atoms with van der Waals surface area (Å²) >= 11 is 0. The maximum absolute atomic E-state index is 4.33. The zero-order chi connectivity index (χ0) is 11.9. The van der Waals surface area contributed by atoms with Gasteiger partial charge in [0.1, 0.15) is 12.0 Å². The highest BCUT2D eigenvalue weighted by Crippen LogP contribution is 2.12. The average Bonchev–Trinajstić information content (AvgIpc) is 3.04. The average molecular weight is 238 g/mol. The third kappa shape index (κ3) is 1.25. The molecule has 0 aromatic carbocycles. The summed E-state index contributed by atoms with van der Waals surface area (Å²) in [6.07, 6.45) is 4.99. The molecule has 0 N–H and O–H groups in total. The third-order valence-corrected chi connectivity index (χ3v) is 2.51. The molecule has 0 unspecified atom stereocenters. The fourth-order valence-corrected chi connectivity index (χ4v) is 1.69. The van der Waals surface area contributed by atoms with Gasteiger partial charge in [0.05, 0.1) is 0 Å². The molecule has 0 spiro atoms. The van der Waals surface area contributed by atoms with Gasteiger partial charge in [-0.1, -0.05) is 0 Å². The Balaban J connectivity index is 1.94. The molecule has 4 aromatic heterocycles. The van der Waals surface area contributed by atoms with Crippen molar-refractivity contribution in [2.24, 2.45) is 0 Å². The number of nitrogens with zero attached hydrogens (tertiary/aromatic N) is 8. The van der Waals surface area contributed by atoms with Crippen molar-refractivity contribution in [3.8, 4) is 11.5 Å². The fourth-order valence-electron chi connectivity index (χ4n) is 1.69. The largest absolute Gasteiger partial charge is 0.252 e. The minimum atomic E-state index is 0.518. The molecule has 0 aliphatic heterocycles. The molecule has 0 amide bonds. The van der Waals surface area contributed by atoms with E-state index in [1.54, 1.807) is 33.6 Å². The predicted octanol–water partition coefficient (Wildman–Crippen LogP) is 0.229. The van der Waals surface area contributed by atoms with E-state index in [0.29, 0.717) is 22.9 Å². The van der Waals surface area contributed by atoms with Crippen molar-refractivity contribution in [2.45, 2.75) is 0 Å². The summed E-state index contributed by atoms with van der Waals surface area (Å²) in [5.74, 6) is 1.06. The van der Waals surface area contributed by atoms with Gasteiger partial charge < -0.3 is 0 Å². The van der Waals surface area contributed by atoms with Gasteiger partial charge in [-0.05, 0) is 18.2 Å². The highest BCUT2D eigenvalue weighted by Gasteiger charge is 2.09. The summed E-state index contributed by atoms with van der Waals surface area (Å²) < 4.78 is 3.18. The lowest BCUT2D eigenvalue weighted by Crippen LogP contribution is -1.94. The summed E-state index contributed by atoms with van der Waals surface area (Å²) in [5.41, 5.74) is 1.33. The van der Waals surface area contributed by atoms with Gasteiger partial charge in [0.2, 0.25) is 5.82 Å². The highest BCUT2D eigenvalue weighted by atomic mass is 15.4. The molecule has 4 aromatic rings. The van der Waals surface area contributed by atoms with Crippen molar-refractivity contribution in [3.63, 3.8) is 0 Å². The van der Waals surface area contributed by atoms with Gasteiger partial charge >= 0.3 is 0 Å². The first kappa shape index (κ1) is 9.16. The number of hydrogen-bond acceptors (Lipinski definition) is 6. The molecule has 0 aliphatic rings. The smallest absolute Gasteiger partial charge is 0.220 e. The normalized spacial score (nSPS) is 11.3. The van der Waals surface area contributed by atoms with Crippen molar-refractivity contribution in [1.82, 2.24) is 39.4 Å². The predicted molar refractivity (Wildman–Crippen MR) is 60.6 cm³/mol. The van der Waals surface area contributed by atoms with Crippen LogP contribution in [0.15, 0.2) is 36.9 Å². The standard InChI is InChI=1S/C10H6N8/c1-4-11-10-13-9(16-17(10)5-1)7-2-3-8-14-12-6-18(8)15-7/h1-6H. The van der Waals surface area contributed by atoms with Crippen molar-refractivity contribution in [1.29, 1.82) is 0 Å². The van der Waals surface area contributed by atoms with Gasteiger partial charge in [-0.25, -0.2) is 9.50 Å². The van der Waals surface area contributed by atoms with Crippen LogP contribution in [0.2, 0.25) is 0 Å². The zero-order valence-corrected chi connectivity index (χ0v) is 9.04. The summed E-state index contributed by atoms with van der Waals surface area (Å²) in [4.78, 5) is 8.41. The van der Waals surface area contributed by atoms with Crippen LogP contribution in [0.3, 0.4) is 0 Å².